The second-order valence-corrected chi connectivity index (χ2v) is 2.95. The van der Waals surface area contributed by atoms with Gasteiger partial charge in [0, 0.05) is 12.3 Å². The Morgan fingerprint density at radius 3 is 2.90 bits per heavy atom. The average molecular weight is 142 g/mol. The van der Waals surface area contributed by atoms with Crippen LogP contribution in [0, 0.1) is 5.92 Å². The van der Waals surface area contributed by atoms with Crippen LogP contribution in [0.25, 0.3) is 0 Å². The van der Waals surface area contributed by atoms with Gasteiger partial charge in [-0.05, 0) is 12.8 Å². The van der Waals surface area contributed by atoms with Crippen molar-refractivity contribution < 1.29 is 9.90 Å². The maximum atomic E-state index is 11.1. The summed E-state index contributed by atoms with van der Waals surface area (Å²) in [6.45, 7) is 0.0544. The average Bonchev–Trinajstić information content (AvgIpc) is 2.13. The number of carbonyl (C=O) groups is 1. The van der Waals surface area contributed by atoms with Crippen LogP contribution in [0.4, 0.5) is 0 Å². The van der Waals surface area contributed by atoms with Crippen LogP contribution in [0.2, 0.25) is 0 Å². The smallest absolute Gasteiger partial charge is 0.138 e. The van der Waals surface area contributed by atoms with Gasteiger partial charge in [-0.3, -0.25) is 4.79 Å². The highest BCUT2D eigenvalue weighted by Crippen LogP contribution is 2.18. The molecule has 1 aliphatic carbocycles. The Balaban J connectivity index is 2.43. The van der Waals surface area contributed by atoms with Crippen LogP contribution >= 0.6 is 0 Å². The predicted octanol–water partition coefficient (Wildman–Crippen LogP) is 1.13. The topological polar surface area (TPSA) is 37.3 Å². The van der Waals surface area contributed by atoms with Crippen molar-refractivity contribution in [2.75, 3.05) is 6.61 Å². The number of Topliss-reactive ketones (excluding diaryl/α,β-unsaturated/α-hetero) is 1. The fourth-order valence-electron chi connectivity index (χ4n) is 1.42. The lowest BCUT2D eigenvalue weighted by molar-refractivity contribution is -0.123. The minimum atomic E-state index is -0.0394. The standard InChI is InChI=1S/C8H14O2/c9-6-7-4-2-1-3-5-8(7)10/h7,9H,1-6H2. The molecule has 0 saturated heterocycles. The summed E-state index contributed by atoms with van der Waals surface area (Å²) < 4.78 is 0. The van der Waals surface area contributed by atoms with Gasteiger partial charge in [-0.15, -0.1) is 0 Å². The molecule has 0 aromatic carbocycles. The maximum Gasteiger partial charge on any atom is 0.138 e. The Labute approximate surface area is 61.2 Å². The Hall–Kier alpha value is -0.370. The molecule has 2 nitrogen and oxygen atoms in total. The van der Waals surface area contributed by atoms with E-state index in [0.29, 0.717) is 6.42 Å². The Kier molecular flexibility index (Phi) is 2.87. The van der Waals surface area contributed by atoms with Gasteiger partial charge in [-0.2, -0.15) is 0 Å². The van der Waals surface area contributed by atoms with Crippen LogP contribution in [0.5, 0.6) is 0 Å². The number of hydrogen-bond acceptors (Lipinski definition) is 2. The van der Waals surface area contributed by atoms with Crippen molar-refractivity contribution >= 4 is 5.78 Å². The van der Waals surface area contributed by atoms with E-state index in [-0.39, 0.29) is 18.3 Å². The summed E-state index contributed by atoms with van der Waals surface area (Å²) in [7, 11) is 0. The second-order valence-electron chi connectivity index (χ2n) is 2.95. The van der Waals surface area contributed by atoms with Gasteiger partial charge in [0.25, 0.3) is 0 Å². The van der Waals surface area contributed by atoms with E-state index in [4.69, 9.17) is 5.11 Å². The van der Waals surface area contributed by atoms with E-state index >= 15 is 0 Å². The molecule has 0 aromatic heterocycles. The summed E-state index contributed by atoms with van der Waals surface area (Å²) in [5.74, 6) is 0.225. The third kappa shape index (κ3) is 1.81. The van der Waals surface area contributed by atoms with Gasteiger partial charge in [-0.25, -0.2) is 0 Å². The monoisotopic (exact) mass is 142 g/mol. The number of carbonyl (C=O) groups excluding carboxylic acids is 1. The third-order valence-corrected chi connectivity index (χ3v) is 2.15. The van der Waals surface area contributed by atoms with Crippen molar-refractivity contribution in [3.8, 4) is 0 Å². The molecule has 0 aromatic rings. The zero-order valence-electron chi connectivity index (χ0n) is 6.18. The SMILES string of the molecule is O=C1CCCCCC1CO. The summed E-state index contributed by atoms with van der Waals surface area (Å²) in [5, 5.41) is 8.77. The molecule has 1 N–H and O–H groups in total. The molecular weight excluding hydrogens is 128 g/mol. The van der Waals surface area contributed by atoms with Crippen molar-refractivity contribution in [1.82, 2.24) is 0 Å². The van der Waals surface area contributed by atoms with Crippen LogP contribution < -0.4 is 0 Å². The van der Waals surface area contributed by atoms with Crippen LogP contribution in [0.1, 0.15) is 32.1 Å². The number of hydrogen-bond donors (Lipinski definition) is 1. The fourth-order valence-corrected chi connectivity index (χ4v) is 1.42. The zero-order chi connectivity index (χ0) is 7.40. The second kappa shape index (κ2) is 3.71. The van der Waals surface area contributed by atoms with Crippen LogP contribution in [-0.4, -0.2) is 17.5 Å². The quantitative estimate of drug-likeness (QED) is 0.557. The first-order chi connectivity index (χ1) is 4.84. The molecule has 58 valence electrons. The molecule has 2 heteroatoms. The van der Waals surface area contributed by atoms with E-state index in [2.05, 4.69) is 0 Å². The largest absolute Gasteiger partial charge is 0.396 e. The summed E-state index contributed by atoms with van der Waals surface area (Å²) in [6.07, 6.45) is 4.87. The lowest BCUT2D eigenvalue weighted by Crippen LogP contribution is -2.16. The fraction of sp³-hybridized carbons (Fsp3) is 0.875. The highest BCUT2D eigenvalue weighted by atomic mass is 16.3. The molecule has 1 saturated carbocycles. The van der Waals surface area contributed by atoms with E-state index in [0.717, 1.165) is 25.7 Å². The van der Waals surface area contributed by atoms with Crippen LogP contribution in [-0.2, 0) is 4.79 Å². The van der Waals surface area contributed by atoms with E-state index in [9.17, 15) is 4.79 Å². The molecule has 1 rings (SSSR count). The van der Waals surface area contributed by atoms with Gasteiger partial charge in [-0.1, -0.05) is 12.8 Å². The molecule has 0 heterocycles. The molecule has 0 amide bonds. The summed E-state index contributed by atoms with van der Waals surface area (Å²) >= 11 is 0. The number of aliphatic hydroxyl groups excluding tert-OH is 1. The minimum absolute atomic E-state index is 0.0394. The maximum absolute atomic E-state index is 11.1. The minimum Gasteiger partial charge on any atom is -0.396 e. The number of ketones is 1. The van der Waals surface area contributed by atoms with Crippen molar-refractivity contribution in [2.45, 2.75) is 32.1 Å². The number of rotatable bonds is 1. The first kappa shape index (κ1) is 7.73. The van der Waals surface area contributed by atoms with Crippen molar-refractivity contribution in [1.29, 1.82) is 0 Å². The molecule has 10 heavy (non-hydrogen) atoms. The van der Waals surface area contributed by atoms with Gasteiger partial charge < -0.3 is 5.11 Å². The Morgan fingerprint density at radius 2 is 2.20 bits per heavy atom. The van der Waals surface area contributed by atoms with Crippen LogP contribution in [0.15, 0.2) is 0 Å². The normalized spacial score (nSPS) is 28.1. The van der Waals surface area contributed by atoms with Crippen molar-refractivity contribution in [3.05, 3.63) is 0 Å². The molecule has 0 bridgehead atoms. The van der Waals surface area contributed by atoms with Gasteiger partial charge in [0.2, 0.25) is 0 Å². The summed E-state index contributed by atoms with van der Waals surface area (Å²) in [5.41, 5.74) is 0. The predicted molar refractivity (Wildman–Crippen MR) is 38.7 cm³/mol. The van der Waals surface area contributed by atoms with Crippen molar-refractivity contribution in [2.24, 2.45) is 5.92 Å². The lowest BCUT2D eigenvalue weighted by atomic mass is 10.0. The first-order valence-corrected chi connectivity index (χ1v) is 3.98. The third-order valence-electron chi connectivity index (χ3n) is 2.15. The molecule has 1 unspecified atom stereocenters. The highest BCUT2D eigenvalue weighted by molar-refractivity contribution is 5.81. The molecule has 0 spiro atoms. The van der Waals surface area contributed by atoms with Gasteiger partial charge in [0.15, 0.2) is 0 Å². The first-order valence-electron chi connectivity index (χ1n) is 3.98. The Morgan fingerprint density at radius 1 is 1.40 bits per heavy atom. The number of aliphatic hydroxyl groups is 1. The zero-order valence-corrected chi connectivity index (χ0v) is 6.18. The molecule has 1 fully saturated rings. The van der Waals surface area contributed by atoms with E-state index in [1.807, 2.05) is 0 Å². The van der Waals surface area contributed by atoms with E-state index in [1.165, 1.54) is 0 Å². The summed E-state index contributed by atoms with van der Waals surface area (Å²) in [4.78, 5) is 11.1. The highest BCUT2D eigenvalue weighted by Gasteiger charge is 2.18. The molecular formula is C8H14O2. The molecule has 0 radical (unpaired) electrons. The van der Waals surface area contributed by atoms with Crippen LogP contribution in [0.3, 0.4) is 0 Å². The van der Waals surface area contributed by atoms with E-state index in [1.54, 1.807) is 0 Å². The van der Waals surface area contributed by atoms with Gasteiger partial charge in [0.1, 0.15) is 5.78 Å². The molecule has 0 aliphatic heterocycles. The molecule has 1 aliphatic rings. The lowest BCUT2D eigenvalue weighted by Gasteiger charge is -2.06. The van der Waals surface area contributed by atoms with E-state index < -0.39 is 0 Å². The molecule has 1 atom stereocenters. The van der Waals surface area contributed by atoms with Crippen molar-refractivity contribution in [3.63, 3.8) is 0 Å². The van der Waals surface area contributed by atoms with Gasteiger partial charge >= 0.3 is 0 Å². The summed E-state index contributed by atoms with van der Waals surface area (Å²) in [6, 6.07) is 0. The Bertz CT molecular complexity index is 120. The van der Waals surface area contributed by atoms with Gasteiger partial charge in [0.05, 0.1) is 6.61 Å².